The molecule has 4 rings (SSSR count). The molecule has 0 N–H and O–H groups in total. The number of aryl methyl sites for hydroxylation is 1. The lowest BCUT2D eigenvalue weighted by atomic mass is 10.2. The summed E-state index contributed by atoms with van der Waals surface area (Å²) in [6, 6.07) is 19.8. The molecule has 5 nitrogen and oxygen atoms in total. The van der Waals surface area contributed by atoms with Crippen molar-refractivity contribution in [2.75, 3.05) is 0 Å². The normalized spacial score (nSPS) is 10.8. The summed E-state index contributed by atoms with van der Waals surface area (Å²) in [5.74, 6) is 2.20. The minimum Gasteiger partial charge on any atom is -0.487 e. The maximum atomic E-state index is 5.87. The molecule has 0 spiro atoms. The van der Waals surface area contributed by atoms with Crippen molar-refractivity contribution in [1.82, 2.24) is 14.8 Å². The lowest BCUT2D eigenvalue weighted by Crippen LogP contribution is -2.00. The van der Waals surface area contributed by atoms with Crippen molar-refractivity contribution in [2.24, 2.45) is 0 Å². The first-order valence-electron chi connectivity index (χ1n) is 8.49. The maximum absolute atomic E-state index is 5.87. The standard InChI is InChI=1S/C21H19N3O2/c1-16-20(23-21(26-16)18-6-3-2-4-7-18)15-25-19-10-8-17(9-11-19)14-24-13-5-12-22-24/h2-13H,14-15H2,1H3. The van der Waals surface area contributed by atoms with Gasteiger partial charge in [0.1, 0.15) is 23.8 Å². The molecule has 0 amide bonds. The molecule has 0 unspecified atom stereocenters. The number of aromatic nitrogens is 3. The summed E-state index contributed by atoms with van der Waals surface area (Å²) in [5, 5.41) is 4.21. The van der Waals surface area contributed by atoms with Gasteiger partial charge in [0.25, 0.3) is 0 Å². The van der Waals surface area contributed by atoms with Gasteiger partial charge in [-0.25, -0.2) is 4.98 Å². The number of oxazole rings is 1. The summed E-state index contributed by atoms with van der Waals surface area (Å²) in [6.45, 7) is 3.03. The van der Waals surface area contributed by atoms with Crippen LogP contribution in [0.1, 0.15) is 17.0 Å². The molecule has 0 aliphatic carbocycles. The fourth-order valence-electron chi connectivity index (χ4n) is 2.69. The predicted molar refractivity (Wildman–Crippen MR) is 98.8 cm³/mol. The summed E-state index contributed by atoms with van der Waals surface area (Å²) in [4.78, 5) is 4.56. The first-order chi connectivity index (χ1) is 12.8. The zero-order valence-electron chi connectivity index (χ0n) is 14.5. The number of benzene rings is 2. The second kappa shape index (κ2) is 7.27. The molecule has 0 saturated carbocycles. The molecule has 26 heavy (non-hydrogen) atoms. The van der Waals surface area contributed by atoms with Crippen LogP contribution in [0, 0.1) is 6.92 Å². The SMILES string of the molecule is Cc1oc(-c2ccccc2)nc1COc1ccc(Cn2cccn2)cc1. The molecule has 2 heterocycles. The molecule has 0 aliphatic rings. The predicted octanol–water partition coefficient (Wildman–Crippen LogP) is 4.47. The number of ether oxygens (including phenoxy) is 1. The van der Waals surface area contributed by atoms with Crippen molar-refractivity contribution in [1.29, 1.82) is 0 Å². The van der Waals surface area contributed by atoms with E-state index in [0.717, 1.165) is 29.3 Å². The molecular formula is C21H19N3O2. The molecule has 0 atom stereocenters. The third kappa shape index (κ3) is 3.67. The number of nitrogens with zero attached hydrogens (tertiary/aromatic N) is 3. The van der Waals surface area contributed by atoms with E-state index in [1.165, 1.54) is 5.56 Å². The second-order valence-electron chi connectivity index (χ2n) is 6.02. The second-order valence-corrected chi connectivity index (χ2v) is 6.02. The molecule has 0 fully saturated rings. The fourth-order valence-corrected chi connectivity index (χ4v) is 2.69. The van der Waals surface area contributed by atoms with Gasteiger partial charge >= 0.3 is 0 Å². The minimum atomic E-state index is 0.376. The molecule has 4 aromatic rings. The average Bonchev–Trinajstić information content (AvgIpc) is 3.32. The summed E-state index contributed by atoms with van der Waals surface area (Å²) < 4.78 is 13.5. The van der Waals surface area contributed by atoms with Crippen molar-refractivity contribution in [3.63, 3.8) is 0 Å². The topological polar surface area (TPSA) is 53.1 Å². The minimum absolute atomic E-state index is 0.376. The van der Waals surface area contributed by atoms with Gasteiger partial charge in [-0.3, -0.25) is 4.68 Å². The summed E-state index contributed by atoms with van der Waals surface area (Å²) in [5.41, 5.74) is 2.94. The van der Waals surface area contributed by atoms with Crippen LogP contribution in [-0.4, -0.2) is 14.8 Å². The van der Waals surface area contributed by atoms with Crippen LogP contribution in [0.2, 0.25) is 0 Å². The van der Waals surface area contributed by atoms with Crippen LogP contribution >= 0.6 is 0 Å². The highest BCUT2D eigenvalue weighted by Gasteiger charge is 2.11. The molecule has 2 aromatic carbocycles. The quantitative estimate of drug-likeness (QED) is 0.517. The Labute approximate surface area is 151 Å². The van der Waals surface area contributed by atoms with Crippen LogP contribution in [0.3, 0.4) is 0 Å². The molecular weight excluding hydrogens is 326 g/mol. The fraction of sp³-hybridized carbons (Fsp3) is 0.143. The monoisotopic (exact) mass is 345 g/mol. The van der Waals surface area contributed by atoms with Crippen molar-refractivity contribution in [3.8, 4) is 17.2 Å². The van der Waals surface area contributed by atoms with Gasteiger partial charge in [-0.2, -0.15) is 5.10 Å². The van der Waals surface area contributed by atoms with E-state index in [1.807, 2.05) is 78.5 Å². The smallest absolute Gasteiger partial charge is 0.226 e. The first kappa shape index (κ1) is 16.1. The van der Waals surface area contributed by atoms with Gasteiger partial charge in [-0.05, 0) is 42.8 Å². The van der Waals surface area contributed by atoms with Gasteiger partial charge in [0, 0.05) is 18.0 Å². The van der Waals surface area contributed by atoms with E-state index in [2.05, 4.69) is 10.1 Å². The molecule has 130 valence electrons. The van der Waals surface area contributed by atoms with E-state index in [-0.39, 0.29) is 0 Å². The van der Waals surface area contributed by atoms with Gasteiger partial charge in [0.15, 0.2) is 0 Å². The van der Waals surface area contributed by atoms with Crippen LogP contribution in [0.15, 0.2) is 77.5 Å². The molecule has 0 radical (unpaired) electrons. The molecule has 2 aromatic heterocycles. The van der Waals surface area contributed by atoms with Gasteiger partial charge in [-0.15, -0.1) is 0 Å². The highest BCUT2D eigenvalue weighted by molar-refractivity contribution is 5.53. The Balaban J connectivity index is 1.40. The van der Waals surface area contributed by atoms with E-state index >= 15 is 0 Å². The van der Waals surface area contributed by atoms with Crippen LogP contribution in [-0.2, 0) is 13.2 Å². The van der Waals surface area contributed by atoms with Crippen LogP contribution in [0.5, 0.6) is 5.75 Å². The maximum Gasteiger partial charge on any atom is 0.226 e. The Hall–Kier alpha value is -3.34. The zero-order valence-corrected chi connectivity index (χ0v) is 14.5. The largest absolute Gasteiger partial charge is 0.487 e. The Morgan fingerprint density at radius 1 is 1.00 bits per heavy atom. The van der Waals surface area contributed by atoms with E-state index in [0.29, 0.717) is 12.5 Å². The molecule has 0 bridgehead atoms. The Morgan fingerprint density at radius 3 is 2.54 bits per heavy atom. The first-order valence-corrected chi connectivity index (χ1v) is 8.49. The third-order valence-corrected chi connectivity index (χ3v) is 4.12. The van der Waals surface area contributed by atoms with Gasteiger partial charge in [0.05, 0.1) is 6.54 Å². The summed E-state index contributed by atoms with van der Waals surface area (Å²) >= 11 is 0. The van der Waals surface area contributed by atoms with E-state index in [1.54, 1.807) is 6.20 Å². The highest BCUT2D eigenvalue weighted by Crippen LogP contribution is 2.22. The molecule has 0 aliphatic heterocycles. The van der Waals surface area contributed by atoms with Gasteiger partial charge in [-0.1, -0.05) is 30.3 Å². The lowest BCUT2D eigenvalue weighted by Gasteiger charge is -2.06. The van der Waals surface area contributed by atoms with Crippen molar-refractivity contribution in [2.45, 2.75) is 20.1 Å². The zero-order chi connectivity index (χ0) is 17.8. The lowest BCUT2D eigenvalue weighted by molar-refractivity contribution is 0.299. The van der Waals surface area contributed by atoms with Crippen LogP contribution < -0.4 is 4.74 Å². The van der Waals surface area contributed by atoms with E-state index in [9.17, 15) is 0 Å². The van der Waals surface area contributed by atoms with Gasteiger partial charge < -0.3 is 9.15 Å². The van der Waals surface area contributed by atoms with Crippen molar-refractivity contribution in [3.05, 3.63) is 90.1 Å². The Kier molecular flexibility index (Phi) is 4.51. The summed E-state index contributed by atoms with van der Waals surface area (Å²) in [7, 11) is 0. The Morgan fingerprint density at radius 2 is 1.81 bits per heavy atom. The number of hydrogen-bond acceptors (Lipinski definition) is 4. The Bertz CT molecular complexity index is 958. The number of hydrogen-bond donors (Lipinski definition) is 0. The van der Waals surface area contributed by atoms with Crippen LogP contribution in [0.25, 0.3) is 11.5 Å². The van der Waals surface area contributed by atoms with E-state index < -0.39 is 0 Å². The third-order valence-electron chi connectivity index (χ3n) is 4.12. The van der Waals surface area contributed by atoms with E-state index in [4.69, 9.17) is 9.15 Å². The van der Waals surface area contributed by atoms with Crippen molar-refractivity contribution >= 4 is 0 Å². The van der Waals surface area contributed by atoms with Crippen LogP contribution in [0.4, 0.5) is 0 Å². The molecule has 0 saturated heterocycles. The average molecular weight is 345 g/mol. The molecule has 5 heteroatoms. The summed E-state index contributed by atoms with van der Waals surface area (Å²) in [6.07, 6.45) is 3.73. The van der Waals surface area contributed by atoms with Crippen molar-refractivity contribution < 1.29 is 9.15 Å². The number of rotatable bonds is 6. The van der Waals surface area contributed by atoms with Gasteiger partial charge in [0.2, 0.25) is 5.89 Å². The highest BCUT2D eigenvalue weighted by atomic mass is 16.5.